The Morgan fingerprint density at radius 2 is 2.20 bits per heavy atom. The summed E-state index contributed by atoms with van der Waals surface area (Å²) in [6.07, 6.45) is 1.63. The summed E-state index contributed by atoms with van der Waals surface area (Å²) in [6, 6.07) is 8.55. The van der Waals surface area contributed by atoms with Crippen molar-refractivity contribution in [2.45, 2.75) is 12.8 Å². The van der Waals surface area contributed by atoms with Crippen LogP contribution in [0.2, 0.25) is 0 Å². The average Bonchev–Trinajstić information content (AvgIpc) is 2.76. The molecule has 0 aromatic heterocycles. The van der Waals surface area contributed by atoms with Crippen LogP contribution in [0.25, 0.3) is 0 Å². The number of methoxy groups -OCH3 is 1. The number of rotatable bonds is 6. The normalized spacial score (nSPS) is 18.6. The molecule has 1 atom stereocenters. The molecule has 1 amide bonds. The highest BCUT2D eigenvalue weighted by Gasteiger charge is 2.29. The van der Waals surface area contributed by atoms with E-state index in [1.807, 2.05) is 19.0 Å². The first-order valence-corrected chi connectivity index (χ1v) is 7.13. The fourth-order valence-electron chi connectivity index (χ4n) is 2.70. The van der Waals surface area contributed by atoms with Gasteiger partial charge in [-0.3, -0.25) is 4.79 Å². The summed E-state index contributed by atoms with van der Waals surface area (Å²) in [5, 5.41) is 0. The van der Waals surface area contributed by atoms with Crippen molar-refractivity contribution < 1.29 is 9.53 Å². The number of carbonyl (C=O) groups excluding carboxylic acids is 1. The molecule has 0 N–H and O–H groups in total. The van der Waals surface area contributed by atoms with E-state index in [2.05, 4.69) is 29.2 Å². The number of hydrogen-bond acceptors (Lipinski definition) is 3. The van der Waals surface area contributed by atoms with E-state index >= 15 is 0 Å². The minimum absolute atomic E-state index is 0.260. The van der Waals surface area contributed by atoms with Crippen LogP contribution in [-0.4, -0.2) is 51.7 Å². The molecule has 2 rings (SSSR count). The van der Waals surface area contributed by atoms with Gasteiger partial charge in [0.15, 0.2) is 0 Å². The highest BCUT2D eigenvalue weighted by Crippen LogP contribution is 2.23. The van der Waals surface area contributed by atoms with E-state index in [-0.39, 0.29) is 5.91 Å². The second-order valence-corrected chi connectivity index (χ2v) is 5.67. The molecule has 0 radical (unpaired) electrons. The molecule has 1 saturated heterocycles. The molecule has 4 nitrogen and oxygen atoms in total. The maximum Gasteiger partial charge on any atom is 0.223 e. The zero-order valence-electron chi connectivity index (χ0n) is 12.6. The Morgan fingerprint density at radius 1 is 1.40 bits per heavy atom. The fraction of sp³-hybridized carbons (Fsp3) is 0.562. The summed E-state index contributed by atoms with van der Waals surface area (Å²) >= 11 is 0. The summed E-state index contributed by atoms with van der Waals surface area (Å²) < 4.78 is 5.05. The third kappa shape index (κ3) is 3.73. The molecule has 1 aliphatic heterocycles. The van der Waals surface area contributed by atoms with Crippen molar-refractivity contribution >= 4 is 11.6 Å². The smallest absolute Gasteiger partial charge is 0.223 e. The van der Waals surface area contributed by atoms with Crippen LogP contribution >= 0.6 is 0 Å². The number of likely N-dealkylation sites (tertiary alicyclic amines) is 1. The monoisotopic (exact) mass is 276 g/mol. The number of ether oxygens (including phenoxy) is 1. The van der Waals surface area contributed by atoms with Crippen LogP contribution < -0.4 is 4.90 Å². The molecule has 0 bridgehead atoms. The molecular weight excluding hydrogens is 252 g/mol. The fourth-order valence-corrected chi connectivity index (χ4v) is 2.70. The SMILES string of the molecule is COCCN1C[C@H](Cc2cccc(N(C)C)c2)CC1=O. The Labute approximate surface area is 121 Å². The highest BCUT2D eigenvalue weighted by molar-refractivity contribution is 5.78. The van der Waals surface area contributed by atoms with Gasteiger partial charge in [-0.2, -0.15) is 0 Å². The van der Waals surface area contributed by atoms with Crippen LogP contribution in [0.4, 0.5) is 5.69 Å². The van der Waals surface area contributed by atoms with E-state index in [1.54, 1.807) is 7.11 Å². The van der Waals surface area contributed by atoms with Gasteiger partial charge < -0.3 is 14.5 Å². The van der Waals surface area contributed by atoms with Gasteiger partial charge in [0.05, 0.1) is 6.61 Å². The van der Waals surface area contributed by atoms with Gasteiger partial charge in [0.25, 0.3) is 0 Å². The van der Waals surface area contributed by atoms with Gasteiger partial charge in [-0.1, -0.05) is 12.1 Å². The number of benzene rings is 1. The zero-order chi connectivity index (χ0) is 14.5. The van der Waals surface area contributed by atoms with Crippen molar-refractivity contribution in [3.8, 4) is 0 Å². The van der Waals surface area contributed by atoms with Crippen molar-refractivity contribution in [1.29, 1.82) is 0 Å². The predicted molar refractivity (Wildman–Crippen MR) is 81.0 cm³/mol. The van der Waals surface area contributed by atoms with Gasteiger partial charge in [0, 0.05) is 46.4 Å². The van der Waals surface area contributed by atoms with E-state index in [0.717, 1.165) is 13.0 Å². The van der Waals surface area contributed by atoms with Crippen LogP contribution in [0.5, 0.6) is 0 Å². The number of hydrogen-bond donors (Lipinski definition) is 0. The minimum atomic E-state index is 0.260. The van der Waals surface area contributed by atoms with E-state index < -0.39 is 0 Å². The molecule has 110 valence electrons. The quantitative estimate of drug-likeness (QED) is 0.794. The van der Waals surface area contributed by atoms with Gasteiger partial charge in [-0.05, 0) is 30.0 Å². The maximum absolute atomic E-state index is 11.9. The molecule has 0 unspecified atom stereocenters. The molecule has 1 aliphatic rings. The first-order valence-electron chi connectivity index (χ1n) is 7.13. The molecule has 20 heavy (non-hydrogen) atoms. The molecule has 0 saturated carbocycles. The maximum atomic E-state index is 11.9. The van der Waals surface area contributed by atoms with Gasteiger partial charge >= 0.3 is 0 Å². The van der Waals surface area contributed by atoms with Gasteiger partial charge in [0.1, 0.15) is 0 Å². The Kier molecular flexibility index (Phi) is 5.01. The third-order valence-electron chi connectivity index (χ3n) is 3.81. The second kappa shape index (κ2) is 6.75. The first kappa shape index (κ1) is 14.9. The second-order valence-electron chi connectivity index (χ2n) is 5.67. The summed E-state index contributed by atoms with van der Waals surface area (Å²) in [4.78, 5) is 15.9. The van der Waals surface area contributed by atoms with E-state index in [9.17, 15) is 4.79 Å². The molecular formula is C16H24N2O2. The lowest BCUT2D eigenvalue weighted by Crippen LogP contribution is -2.28. The zero-order valence-corrected chi connectivity index (χ0v) is 12.6. The number of amides is 1. The molecule has 4 heteroatoms. The first-order chi connectivity index (χ1) is 9.60. The lowest BCUT2D eigenvalue weighted by molar-refractivity contribution is -0.128. The standard InChI is InChI=1S/C16H24N2O2/c1-17(2)15-6-4-5-13(10-15)9-14-11-16(19)18(12-14)7-8-20-3/h4-6,10,14H,7-9,11-12H2,1-3H3/t14-/m1/s1. The molecule has 1 fully saturated rings. The summed E-state index contributed by atoms with van der Waals surface area (Å²) in [7, 11) is 5.76. The topological polar surface area (TPSA) is 32.8 Å². The van der Waals surface area contributed by atoms with E-state index in [4.69, 9.17) is 4.74 Å². The summed E-state index contributed by atoms with van der Waals surface area (Å²) in [5.74, 6) is 0.688. The Hall–Kier alpha value is -1.55. The van der Waals surface area contributed by atoms with Crippen LogP contribution in [0.15, 0.2) is 24.3 Å². The Balaban J connectivity index is 1.94. The average molecular weight is 276 g/mol. The van der Waals surface area contributed by atoms with Crippen molar-refractivity contribution in [2.75, 3.05) is 45.8 Å². The minimum Gasteiger partial charge on any atom is -0.383 e. The van der Waals surface area contributed by atoms with Crippen molar-refractivity contribution in [3.63, 3.8) is 0 Å². The lowest BCUT2D eigenvalue weighted by atomic mass is 9.98. The van der Waals surface area contributed by atoms with Crippen molar-refractivity contribution in [3.05, 3.63) is 29.8 Å². The summed E-state index contributed by atoms with van der Waals surface area (Å²) in [5.41, 5.74) is 2.52. The Bertz CT molecular complexity index is 460. The van der Waals surface area contributed by atoms with Gasteiger partial charge in [-0.15, -0.1) is 0 Å². The molecule has 0 aliphatic carbocycles. The van der Waals surface area contributed by atoms with Gasteiger partial charge in [-0.25, -0.2) is 0 Å². The van der Waals surface area contributed by atoms with Crippen molar-refractivity contribution in [1.82, 2.24) is 4.90 Å². The van der Waals surface area contributed by atoms with Crippen LogP contribution in [-0.2, 0) is 16.0 Å². The number of anilines is 1. The number of nitrogens with zero attached hydrogens (tertiary/aromatic N) is 2. The highest BCUT2D eigenvalue weighted by atomic mass is 16.5. The van der Waals surface area contributed by atoms with E-state index in [0.29, 0.717) is 25.5 Å². The lowest BCUT2D eigenvalue weighted by Gasteiger charge is -2.17. The van der Waals surface area contributed by atoms with Crippen LogP contribution in [0.1, 0.15) is 12.0 Å². The van der Waals surface area contributed by atoms with Crippen LogP contribution in [0.3, 0.4) is 0 Å². The Morgan fingerprint density at radius 3 is 2.90 bits per heavy atom. The molecule has 1 aromatic rings. The van der Waals surface area contributed by atoms with Gasteiger partial charge in [0.2, 0.25) is 5.91 Å². The third-order valence-corrected chi connectivity index (χ3v) is 3.81. The van der Waals surface area contributed by atoms with Crippen LogP contribution in [0, 0.1) is 5.92 Å². The molecule has 1 heterocycles. The summed E-state index contributed by atoms with van der Waals surface area (Å²) in [6.45, 7) is 2.19. The molecule has 0 spiro atoms. The predicted octanol–water partition coefficient (Wildman–Crippen LogP) is 1.79. The number of carbonyl (C=O) groups is 1. The largest absolute Gasteiger partial charge is 0.383 e. The van der Waals surface area contributed by atoms with Crippen molar-refractivity contribution in [2.24, 2.45) is 5.92 Å². The molecule has 1 aromatic carbocycles. The van der Waals surface area contributed by atoms with E-state index in [1.165, 1.54) is 11.3 Å².